The van der Waals surface area contributed by atoms with E-state index in [1.54, 1.807) is 12.1 Å². The Morgan fingerprint density at radius 2 is 1.68 bits per heavy atom. The Morgan fingerprint density at radius 3 is 2.23 bits per heavy atom. The summed E-state index contributed by atoms with van der Waals surface area (Å²) in [4.78, 5) is 0.0638. The zero-order valence-electron chi connectivity index (χ0n) is 12.1. The molecular weight excluding hydrogens is 307 g/mol. The normalized spacial score (nSPS) is 13.0. The maximum Gasteiger partial charge on any atom is 0.296 e. The maximum absolute atomic E-state index is 12.9. The minimum absolute atomic E-state index is 0.0638. The predicted octanol–water partition coefficient (Wildman–Crippen LogP) is 2.62. The fourth-order valence-corrected chi connectivity index (χ4v) is 2.88. The van der Waals surface area contributed by atoms with Crippen molar-refractivity contribution in [1.29, 1.82) is 0 Å². The molecule has 2 aromatic rings. The van der Waals surface area contributed by atoms with E-state index in [4.69, 9.17) is 4.18 Å². The minimum Gasteiger partial charge on any atom is -0.396 e. The lowest BCUT2D eigenvalue weighted by Crippen LogP contribution is -2.16. The topological polar surface area (TPSA) is 63.6 Å². The fraction of sp³-hybridized carbons (Fsp3) is 0.250. The summed E-state index contributed by atoms with van der Waals surface area (Å²) in [5.74, 6) is -0.936. The lowest BCUT2D eigenvalue weighted by atomic mass is 10.0. The molecule has 0 aliphatic heterocycles. The summed E-state index contributed by atoms with van der Waals surface area (Å²) in [5.41, 5.74) is 1.56. The van der Waals surface area contributed by atoms with Crippen molar-refractivity contribution in [2.45, 2.75) is 17.7 Å². The number of rotatable bonds is 6. The van der Waals surface area contributed by atoms with Gasteiger partial charge in [0.1, 0.15) is 5.82 Å². The molecule has 1 N–H and O–H groups in total. The lowest BCUT2D eigenvalue weighted by Gasteiger charge is -2.15. The number of aliphatic hydroxyl groups is 1. The molecule has 0 saturated heterocycles. The lowest BCUT2D eigenvalue weighted by molar-refractivity contribution is 0.208. The Balaban J connectivity index is 2.09. The summed E-state index contributed by atoms with van der Waals surface area (Å²) in [6.45, 7) is 1.35. The van der Waals surface area contributed by atoms with Gasteiger partial charge in [-0.3, -0.25) is 4.18 Å². The SMILES string of the molecule is Cc1ccc(S(=O)(=O)OCC(CO)c2ccc(F)cc2)cc1. The second-order valence-corrected chi connectivity index (χ2v) is 6.60. The van der Waals surface area contributed by atoms with Crippen LogP contribution in [0, 0.1) is 12.7 Å². The predicted molar refractivity (Wildman–Crippen MR) is 80.5 cm³/mol. The molecule has 2 aromatic carbocycles. The van der Waals surface area contributed by atoms with E-state index in [2.05, 4.69) is 0 Å². The van der Waals surface area contributed by atoms with Gasteiger partial charge in [0.05, 0.1) is 18.1 Å². The van der Waals surface area contributed by atoms with Gasteiger partial charge in [-0.2, -0.15) is 8.42 Å². The number of aryl methyl sites for hydroxylation is 1. The van der Waals surface area contributed by atoms with Crippen LogP contribution in [-0.2, 0) is 14.3 Å². The summed E-state index contributed by atoms with van der Waals surface area (Å²) in [6.07, 6.45) is 0. The summed E-state index contributed by atoms with van der Waals surface area (Å²) >= 11 is 0. The third-order valence-electron chi connectivity index (χ3n) is 3.30. The molecule has 0 radical (unpaired) electrons. The van der Waals surface area contributed by atoms with Crippen molar-refractivity contribution in [1.82, 2.24) is 0 Å². The molecule has 0 spiro atoms. The van der Waals surface area contributed by atoms with Gasteiger partial charge >= 0.3 is 0 Å². The van der Waals surface area contributed by atoms with Crippen LogP contribution in [0.2, 0.25) is 0 Å². The van der Waals surface area contributed by atoms with Crippen LogP contribution in [0.15, 0.2) is 53.4 Å². The molecule has 2 rings (SSSR count). The Bertz CT molecular complexity index is 709. The quantitative estimate of drug-likeness (QED) is 0.830. The molecule has 4 nitrogen and oxygen atoms in total. The average molecular weight is 324 g/mol. The Morgan fingerprint density at radius 1 is 1.09 bits per heavy atom. The van der Waals surface area contributed by atoms with Gasteiger partial charge in [-0.1, -0.05) is 29.8 Å². The number of halogens is 1. The van der Waals surface area contributed by atoms with Crippen LogP contribution >= 0.6 is 0 Å². The van der Waals surface area contributed by atoms with Gasteiger partial charge in [-0.15, -0.1) is 0 Å². The van der Waals surface area contributed by atoms with Crippen LogP contribution in [0.4, 0.5) is 4.39 Å². The van der Waals surface area contributed by atoms with Crippen molar-refractivity contribution >= 4 is 10.1 Å². The number of aliphatic hydroxyl groups excluding tert-OH is 1. The monoisotopic (exact) mass is 324 g/mol. The smallest absolute Gasteiger partial charge is 0.296 e. The van der Waals surface area contributed by atoms with E-state index < -0.39 is 21.9 Å². The third-order valence-corrected chi connectivity index (χ3v) is 4.59. The van der Waals surface area contributed by atoms with Crippen molar-refractivity contribution in [3.05, 3.63) is 65.5 Å². The van der Waals surface area contributed by atoms with E-state index in [1.165, 1.54) is 36.4 Å². The van der Waals surface area contributed by atoms with Crippen LogP contribution < -0.4 is 0 Å². The van der Waals surface area contributed by atoms with Crippen LogP contribution in [0.5, 0.6) is 0 Å². The molecule has 0 heterocycles. The first-order valence-corrected chi connectivity index (χ1v) is 8.15. The average Bonchev–Trinajstić information content (AvgIpc) is 2.50. The highest BCUT2D eigenvalue weighted by Crippen LogP contribution is 2.20. The highest BCUT2D eigenvalue weighted by Gasteiger charge is 2.19. The molecular formula is C16H17FO4S. The van der Waals surface area contributed by atoms with Crippen LogP contribution in [0.25, 0.3) is 0 Å². The molecule has 22 heavy (non-hydrogen) atoms. The van der Waals surface area contributed by atoms with E-state index in [9.17, 15) is 17.9 Å². The van der Waals surface area contributed by atoms with Crippen molar-refractivity contribution in [3.63, 3.8) is 0 Å². The van der Waals surface area contributed by atoms with Gasteiger partial charge in [0.2, 0.25) is 0 Å². The van der Waals surface area contributed by atoms with Crippen molar-refractivity contribution in [2.24, 2.45) is 0 Å². The summed E-state index contributed by atoms with van der Waals surface area (Å²) < 4.78 is 42.1. The Labute approximate surface area is 129 Å². The second-order valence-electron chi connectivity index (χ2n) is 4.98. The summed E-state index contributed by atoms with van der Waals surface area (Å²) in [7, 11) is -3.88. The fourth-order valence-electron chi connectivity index (χ4n) is 1.93. The first-order valence-electron chi connectivity index (χ1n) is 6.75. The number of hydrogen-bond donors (Lipinski definition) is 1. The van der Waals surface area contributed by atoms with E-state index in [0.29, 0.717) is 5.56 Å². The molecule has 0 aliphatic rings. The molecule has 118 valence electrons. The standard InChI is InChI=1S/C16H17FO4S/c1-12-2-8-16(9-3-12)22(19,20)21-11-14(10-18)13-4-6-15(17)7-5-13/h2-9,14,18H,10-11H2,1H3. The van der Waals surface area contributed by atoms with E-state index in [1.807, 2.05) is 6.92 Å². The molecule has 6 heteroatoms. The molecule has 0 aromatic heterocycles. The Kier molecular flexibility index (Phi) is 5.28. The molecule has 0 saturated carbocycles. The van der Waals surface area contributed by atoms with Gasteiger partial charge in [-0.05, 0) is 36.8 Å². The van der Waals surface area contributed by atoms with Crippen LogP contribution in [0.3, 0.4) is 0 Å². The van der Waals surface area contributed by atoms with E-state index in [0.717, 1.165) is 5.56 Å². The minimum atomic E-state index is -3.88. The van der Waals surface area contributed by atoms with Crippen molar-refractivity contribution < 1.29 is 22.1 Å². The van der Waals surface area contributed by atoms with Gasteiger partial charge < -0.3 is 5.11 Å². The van der Waals surface area contributed by atoms with Gasteiger partial charge in [0.15, 0.2) is 0 Å². The summed E-state index contributed by atoms with van der Waals surface area (Å²) in [5, 5.41) is 9.38. The van der Waals surface area contributed by atoms with E-state index >= 15 is 0 Å². The zero-order valence-corrected chi connectivity index (χ0v) is 12.9. The van der Waals surface area contributed by atoms with Gasteiger partial charge in [-0.25, -0.2) is 4.39 Å². The molecule has 0 aliphatic carbocycles. The molecule has 0 amide bonds. The van der Waals surface area contributed by atoms with Crippen molar-refractivity contribution in [2.75, 3.05) is 13.2 Å². The zero-order chi connectivity index (χ0) is 16.2. The van der Waals surface area contributed by atoms with Crippen LogP contribution in [-0.4, -0.2) is 26.7 Å². The highest BCUT2D eigenvalue weighted by molar-refractivity contribution is 7.86. The van der Waals surface area contributed by atoms with Gasteiger partial charge in [0.25, 0.3) is 10.1 Å². The molecule has 1 atom stereocenters. The highest BCUT2D eigenvalue weighted by atomic mass is 32.2. The first kappa shape index (κ1) is 16.6. The molecule has 0 bridgehead atoms. The molecule has 0 fully saturated rings. The summed E-state index contributed by atoms with van der Waals surface area (Å²) in [6, 6.07) is 11.8. The second kappa shape index (κ2) is 7.00. The number of benzene rings is 2. The van der Waals surface area contributed by atoms with Gasteiger partial charge in [0, 0.05) is 5.92 Å². The number of hydrogen-bond acceptors (Lipinski definition) is 4. The first-order chi connectivity index (χ1) is 10.4. The van der Waals surface area contributed by atoms with Crippen LogP contribution in [0.1, 0.15) is 17.0 Å². The van der Waals surface area contributed by atoms with E-state index in [-0.39, 0.29) is 18.1 Å². The Hall–Kier alpha value is -1.76. The molecule has 1 unspecified atom stereocenters. The maximum atomic E-state index is 12.9. The third kappa shape index (κ3) is 4.13. The van der Waals surface area contributed by atoms with Crippen molar-refractivity contribution in [3.8, 4) is 0 Å². The largest absolute Gasteiger partial charge is 0.396 e.